The molecule has 0 amide bonds. The van der Waals surface area contributed by atoms with Gasteiger partial charge in [0.2, 0.25) is 5.95 Å². The summed E-state index contributed by atoms with van der Waals surface area (Å²) < 4.78 is 2.03. The lowest BCUT2D eigenvalue weighted by Gasteiger charge is -2.27. The Kier molecular flexibility index (Phi) is 2.86. The summed E-state index contributed by atoms with van der Waals surface area (Å²) in [4.78, 5) is 21.2. The van der Waals surface area contributed by atoms with Crippen LogP contribution in [0.5, 0.6) is 0 Å². The molecule has 2 unspecified atom stereocenters. The number of nitrogens with zero attached hydrogens (tertiary/aromatic N) is 5. The molecule has 8 heteroatoms. The van der Waals surface area contributed by atoms with Crippen LogP contribution < -0.4 is 10.6 Å². The molecule has 2 aromatic heterocycles. The maximum atomic E-state index is 11.5. The van der Waals surface area contributed by atoms with Crippen molar-refractivity contribution in [1.29, 1.82) is 0 Å². The van der Waals surface area contributed by atoms with Gasteiger partial charge in [0.05, 0.1) is 6.04 Å². The van der Waals surface area contributed by atoms with E-state index >= 15 is 0 Å². The molecule has 0 radical (unpaired) electrons. The van der Waals surface area contributed by atoms with E-state index in [1.54, 1.807) is 6.33 Å². The fourth-order valence-corrected chi connectivity index (χ4v) is 3.99. The first-order chi connectivity index (χ1) is 11.3. The number of anilines is 1. The molecular weight excluding hydrogens is 294 g/mol. The summed E-state index contributed by atoms with van der Waals surface area (Å²) in [5.41, 5.74) is -0.235. The van der Waals surface area contributed by atoms with E-state index in [1.807, 2.05) is 4.68 Å². The van der Waals surface area contributed by atoms with Crippen LogP contribution in [-0.4, -0.2) is 36.5 Å². The van der Waals surface area contributed by atoms with Gasteiger partial charge in [0.25, 0.3) is 0 Å². The molecular formula is C15H21N7O. The number of aromatic nitrogens is 6. The lowest BCUT2D eigenvalue weighted by Crippen LogP contribution is -2.30. The fraction of sp³-hybridized carbons (Fsp3) is 0.733. The molecule has 3 fully saturated rings. The molecule has 1 aliphatic heterocycles. The average molecular weight is 315 g/mol. The normalized spacial score (nSPS) is 27.7. The van der Waals surface area contributed by atoms with Gasteiger partial charge in [0.15, 0.2) is 5.82 Å². The first kappa shape index (κ1) is 13.3. The SMILES string of the molecule is O=c1[nH]nc(C2C(C3CC3)CCN2c2ncnn2CC2CC2)[nH]1. The van der Waals surface area contributed by atoms with Gasteiger partial charge in [-0.1, -0.05) is 0 Å². The highest BCUT2D eigenvalue weighted by Gasteiger charge is 2.46. The van der Waals surface area contributed by atoms with Crippen LogP contribution in [0.15, 0.2) is 11.1 Å². The zero-order valence-corrected chi connectivity index (χ0v) is 13.0. The Bertz CT molecular complexity index is 754. The number of nitrogens with one attached hydrogen (secondary N) is 2. The Balaban J connectivity index is 1.50. The van der Waals surface area contributed by atoms with Crippen LogP contribution in [0, 0.1) is 17.8 Å². The van der Waals surface area contributed by atoms with E-state index in [2.05, 4.69) is 30.2 Å². The van der Waals surface area contributed by atoms with E-state index in [0.29, 0.717) is 5.92 Å². The van der Waals surface area contributed by atoms with Crippen LogP contribution in [0.3, 0.4) is 0 Å². The third kappa shape index (κ3) is 2.36. The standard InChI is InChI=1S/C15H21N7O/c23-14-18-13(19-20-14)12-11(10-3-4-10)5-6-21(12)15-16-8-17-22(15)7-9-1-2-9/h8-12H,1-7H2,(H2,18,19,20,23). The minimum absolute atomic E-state index is 0.101. The molecule has 1 saturated heterocycles. The van der Waals surface area contributed by atoms with Gasteiger partial charge >= 0.3 is 5.69 Å². The number of hydrogen-bond acceptors (Lipinski definition) is 5. The molecule has 2 aromatic rings. The van der Waals surface area contributed by atoms with E-state index in [1.165, 1.54) is 25.7 Å². The largest absolute Gasteiger partial charge is 0.340 e. The molecule has 0 bridgehead atoms. The number of rotatable bonds is 5. The van der Waals surface area contributed by atoms with Crippen LogP contribution in [0.1, 0.15) is 44.0 Å². The lowest BCUT2D eigenvalue weighted by molar-refractivity contribution is 0.410. The smallest absolute Gasteiger partial charge is 0.330 e. The van der Waals surface area contributed by atoms with E-state index in [0.717, 1.165) is 43.1 Å². The first-order valence-electron chi connectivity index (χ1n) is 8.58. The molecule has 0 spiro atoms. The van der Waals surface area contributed by atoms with Gasteiger partial charge in [-0.2, -0.15) is 15.2 Å². The second kappa shape index (κ2) is 4.94. The molecule has 5 rings (SSSR count). The van der Waals surface area contributed by atoms with Gasteiger partial charge in [0.1, 0.15) is 6.33 Å². The Hall–Kier alpha value is -2.12. The van der Waals surface area contributed by atoms with Crippen LogP contribution in [0.2, 0.25) is 0 Å². The molecule has 2 aliphatic carbocycles. The number of hydrogen-bond donors (Lipinski definition) is 2. The van der Waals surface area contributed by atoms with Crippen molar-refractivity contribution in [2.24, 2.45) is 17.8 Å². The summed E-state index contributed by atoms with van der Waals surface area (Å²) in [6, 6.07) is 0.101. The van der Waals surface area contributed by atoms with Gasteiger partial charge in [-0.3, -0.25) is 4.98 Å². The van der Waals surface area contributed by atoms with Gasteiger partial charge in [0, 0.05) is 13.1 Å². The zero-order valence-electron chi connectivity index (χ0n) is 13.0. The lowest BCUT2D eigenvalue weighted by atomic mass is 9.94. The predicted molar refractivity (Wildman–Crippen MR) is 82.9 cm³/mol. The summed E-state index contributed by atoms with van der Waals surface area (Å²) in [6.07, 6.45) is 7.93. The molecule has 122 valence electrons. The van der Waals surface area contributed by atoms with Crippen molar-refractivity contribution >= 4 is 5.95 Å². The monoisotopic (exact) mass is 315 g/mol. The molecule has 8 nitrogen and oxygen atoms in total. The molecule has 2 N–H and O–H groups in total. The quantitative estimate of drug-likeness (QED) is 0.860. The number of H-pyrrole nitrogens is 2. The van der Waals surface area contributed by atoms with E-state index in [4.69, 9.17) is 0 Å². The van der Waals surface area contributed by atoms with Gasteiger partial charge in [-0.15, -0.1) is 0 Å². The second-order valence-electron chi connectivity index (χ2n) is 7.18. The van der Waals surface area contributed by atoms with Crippen molar-refractivity contribution < 1.29 is 0 Å². The Morgan fingerprint density at radius 1 is 1.22 bits per heavy atom. The van der Waals surface area contributed by atoms with Crippen molar-refractivity contribution in [3.63, 3.8) is 0 Å². The summed E-state index contributed by atoms with van der Waals surface area (Å²) in [5.74, 6) is 3.71. The van der Waals surface area contributed by atoms with Gasteiger partial charge in [-0.05, 0) is 49.9 Å². The predicted octanol–water partition coefficient (Wildman–Crippen LogP) is 1.08. The summed E-state index contributed by atoms with van der Waals surface area (Å²) in [5, 5.41) is 11.2. The maximum Gasteiger partial charge on any atom is 0.340 e. The average Bonchev–Trinajstić information content (AvgIpc) is 3.41. The number of aromatic amines is 2. The highest BCUT2D eigenvalue weighted by molar-refractivity contribution is 5.36. The zero-order chi connectivity index (χ0) is 15.4. The molecule has 2 atom stereocenters. The van der Waals surface area contributed by atoms with Crippen molar-refractivity contribution in [1.82, 2.24) is 29.9 Å². The summed E-state index contributed by atoms with van der Waals surface area (Å²) in [7, 11) is 0. The van der Waals surface area contributed by atoms with Gasteiger partial charge in [-0.25, -0.2) is 14.6 Å². The summed E-state index contributed by atoms with van der Waals surface area (Å²) >= 11 is 0. The van der Waals surface area contributed by atoms with Gasteiger partial charge < -0.3 is 4.90 Å². The Morgan fingerprint density at radius 3 is 2.78 bits per heavy atom. The van der Waals surface area contributed by atoms with Crippen molar-refractivity contribution in [3.05, 3.63) is 22.6 Å². The molecule has 3 aliphatic rings. The Morgan fingerprint density at radius 2 is 2.09 bits per heavy atom. The van der Waals surface area contributed by atoms with Crippen molar-refractivity contribution in [2.75, 3.05) is 11.4 Å². The molecule has 0 aromatic carbocycles. The first-order valence-corrected chi connectivity index (χ1v) is 8.58. The maximum absolute atomic E-state index is 11.5. The van der Waals surface area contributed by atoms with E-state index < -0.39 is 0 Å². The van der Waals surface area contributed by atoms with Crippen molar-refractivity contribution in [2.45, 2.75) is 44.7 Å². The van der Waals surface area contributed by atoms with Crippen LogP contribution in [0.4, 0.5) is 5.95 Å². The minimum atomic E-state index is -0.235. The molecule has 23 heavy (non-hydrogen) atoms. The molecule has 2 saturated carbocycles. The van der Waals surface area contributed by atoms with Crippen molar-refractivity contribution in [3.8, 4) is 0 Å². The summed E-state index contributed by atoms with van der Waals surface area (Å²) in [6.45, 7) is 1.90. The third-order valence-corrected chi connectivity index (χ3v) is 5.45. The highest BCUT2D eigenvalue weighted by atomic mass is 16.1. The highest BCUT2D eigenvalue weighted by Crippen LogP contribution is 2.50. The molecule has 3 heterocycles. The van der Waals surface area contributed by atoms with Crippen LogP contribution >= 0.6 is 0 Å². The Labute approximate surface area is 133 Å². The minimum Gasteiger partial charge on any atom is -0.330 e. The fourth-order valence-electron chi connectivity index (χ4n) is 3.99. The van der Waals surface area contributed by atoms with E-state index in [-0.39, 0.29) is 11.7 Å². The van der Waals surface area contributed by atoms with E-state index in [9.17, 15) is 4.79 Å². The van der Waals surface area contributed by atoms with Crippen LogP contribution in [-0.2, 0) is 6.54 Å². The second-order valence-corrected chi connectivity index (χ2v) is 7.18. The van der Waals surface area contributed by atoms with Crippen LogP contribution in [0.25, 0.3) is 0 Å². The third-order valence-electron chi connectivity index (χ3n) is 5.45. The topological polar surface area (TPSA) is 95.5 Å².